The number of fused-ring (bicyclic) bond motifs is 3. The number of nitriles is 3. The third kappa shape index (κ3) is 2.02. The van der Waals surface area contributed by atoms with Gasteiger partial charge in [-0.1, -0.05) is 50.1 Å². The van der Waals surface area contributed by atoms with Crippen molar-refractivity contribution < 1.29 is 9.47 Å². The standard InChI is InChI=1S/C20H20N4O2/c1-3-4-10-15-20(13-23)17(24)26-18(2,25-15)16(19(20,11-21)12-22)14-8-6-5-7-9-14/h5-9,15-16,24H,3-4,10H2,1-2H3/t15-,16-,18+,20+/m0/s1. The van der Waals surface area contributed by atoms with E-state index >= 15 is 0 Å². The van der Waals surface area contributed by atoms with E-state index in [9.17, 15) is 15.8 Å². The molecule has 0 saturated carbocycles. The van der Waals surface area contributed by atoms with E-state index in [1.807, 2.05) is 13.0 Å². The Kier molecular flexibility index (Phi) is 4.23. The Bertz CT molecular complexity index is 833. The lowest BCUT2D eigenvalue weighted by Crippen LogP contribution is -2.73. The quantitative estimate of drug-likeness (QED) is 0.892. The number of unbranched alkanes of at least 4 members (excludes halogenated alkanes) is 1. The summed E-state index contributed by atoms with van der Waals surface area (Å²) in [4.78, 5) is 0. The molecule has 0 unspecified atom stereocenters. The summed E-state index contributed by atoms with van der Waals surface area (Å²) in [5.74, 6) is -2.51. The first-order valence-electron chi connectivity index (χ1n) is 8.70. The lowest BCUT2D eigenvalue weighted by atomic mass is 9.49. The summed E-state index contributed by atoms with van der Waals surface area (Å²) in [5.41, 5.74) is -2.85. The molecule has 3 aliphatic rings. The third-order valence-electron chi connectivity index (χ3n) is 5.58. The van der Waals surface area contributed by atoms with Gasteiger partial charge in [0.2, 0.25) is 11.7 Å². The Morgan fingerprint density at radius 3 is 2.31 bits per heavy atom. The van der Waals surface area contributed by atoms with Crippen molar-refractivity contribution in [2.75, 3.05) is 0 Å². The van der Waals surface area contributed by atoms with Crippen LogP contribution in [0.1, 0.15) is 44.6 Å². The maximum absolute atomic E-state index is 10.1. The van der Waals surface area contributed by atoms with Gasteiger partial charge >= 0.3 is 0 Å². The molecule has 0 aliphatic carbocycles. The van der Waals surface area contributed by atoms with Crippen molar-refractivity contribution >= 4 is 5.90 Å². The van der Waals surface area contributed by atoms with Crippen LogP contribution in [-0.4, -0.2) is 17.8 Å². The van der Waals surface area contributed by atoms with Crippen molar-refractivity contribution in [2.24, 2.45) is 10.8 Å². The predicted molar refractivity (Wildman–Crippen MR) is 92.5 cm³/mol. The molecule has 0 spiro atoms. The summed E-state index contributed by atoms with van der Waals surface area (Å²) in [5, 5.41) is 38.8. The molecule has 1 N–H and O–H groups in total. The summed E-state index contributed by atoms with van der Waals surface area (Å²) in [6, 6.07) is 15.4. The van der Waals surface area contributed by atoms with Crippen molar-refractivity contribution in [1.82, 2.24) is 0 Å². The maximum Gasteiger partial charge on any atom is 0.219 e. The van der Waals surface area contributed by atoms with Crippen LogP contribution in [0.2, 0.25) is 0 Å². The predicted octanol–water partition coefficient (Wildman–Crippen LogP) is 3.63. The molecular formula is C20H20N4O2. The SMILES string of the molecule is CCCC[C@@H]1O[C@]2(C)OC(=N)[C@]1(C#N)C(C#N)(C#N)[C@H]2c1ccccc1. The van der Waals surface area contributed by atoms with Crippen LogP contribution >= 0.6 is 0 Å². The smallest absolute Gasteiger partial charge is 0.219 e. The minimum absolute atomic E-state index is 0.342. The van der Waals surface area contributed by atoms with Crippen LogP contribution in [0.5, 0.6) is 0 Å². The Morgan fingerprint density at radius 2 is 1.77 bits per heavy atom. The summed E-state index contributed by atoms with van der Waals surface area (Å²) >= 11 is 0. The first-order valence-corrected chi connectivity index (χ1v) is 8.70. The molecule has 0 aromatic heterocycles. The second-order valence-electron chi connectivity index (χ2n) is 6.99. The fourth-order valence-corrected chi connectivity index (χ4v) is 4.41. The van der Waals surface area contributed by atoms with Crippen LogP contribution < -0.4 is 0 Å². The van der Waals surface area contributed by atoms with E-state index < -0.39 is 28.6 Å². The van der Waals surface area contributed by atoms with Gasteiger partial charge in [0.15, 0.2) is 10.8 Å². The Balaban J connectivity index is 2.29. The zero-order valence-corrected chi connectivity index (χ0v) is 14.8. The molecule has 3 heterocycles. The van der Waals surface area contributed by atoms with Gasteiger partial charge in [-0.05, 0) is 12.0 Å². The largest absolute Gasteiger partial charge is 0.447 e. The van der Waals surface area contributed by atoms with E-state index in [-0.39, 0.29) is 5.90 Å². The van der Waals surface area contributed by atoms with Crippen LogP contribution in [0.25, 0.3) is 0 Å². The molecule has 3 saturated heterocycles. The van der Waals surface area contributed by atoms with Gasteiger partial charge in [0.1, 0.15) is 0 Å². The molecule has 0 radical (unpaired) electrons. The molecule has 4 atom stereocenters. The first kappa shape index (κ1) is 17.9. The van der Waals surface area contributed by atoms with Gasteiger partial charge in [0.05, 0.1) is 30.2 Å². The lowest BCUT2D eigenvalue weighted by molar-refractivity contribution is -0.320. The van der Waals surface area contributed by atoms with Crippen LogP contribution in [0.15, 0.2) is 30.3 Å². The molecule has 0 amide bonds. The minimum Gasteiger partial charge on any atom is -0.447 e. The van der Waals surface area contributed by atoms with Crippen molar-refractivity contribution in [3.8, 4) is 18.2 Å². The second kappa shape index (κ2) is 6.13. The number of nitrogens with zero attached hydrogens (tertiary/aromatic N) is 3. The highest BCUT2D eigenvalue weighted by Gasteiger charge is 2.78. The van der Waals surface area contributed by atoms with Gasteiger partial charge in [-0.25, -0.2) is 0 Å². The van der Waals surface area contributed by atoms with Gasteiger partial charge in [0.25, 0.3) is 0 Å². The van der Waals surface area contributed by atoms with Crippen molar-refractivity contribution in [1.29, 1.82) is 21.2 Å². The molecule has 6 heteroatoms. The highest BCUT2D eigenvalue weighted by atomic mass is 16.7. The molecule has 3 fully saturated rings. The van der Waals surface area contributed by atoms with Crippen LogP contribution in [0.3, 0.4) is 0 Å². The highest BCUT2D eigenvalue weighted by Crippen LogP contribution is 2.65. The zero-order valence-electron chi connectivity index (χ0n) is 14.8. The van der Waals surface area contributed by atoms with E-state index in [1.165, 1.54) is 0 Å². The number of nitrogens with one attached hydrogen (secondary N) is 1. The van der Waals surface area contributed by atoms with Crippen molar-refractivity contribution in [2.45, 2.75) is 50.9 Å². The maximum atomic E-state index is 10.1. The molecule has 2 bridgehead atoms. The Labute approximate surface area is 153 Å². The summed E-state index contributed by atoms with van der Waals surface area (Å²) in [7, 11) is 0. The molecule has 3 aliphatic heterocycles. The van der Waals surface area contributed by atoms with Gasteiger partial charge in [0, 0.05) is 6.92 Å². The number of rotatable bonds is 4. The van der Waals surface area contributed by atoms with Crippen LogP contribution in [0.4, 0.5) is 0 Å². The fourth-order valence-electron chi connectivity index (χ4n) is 4.41. The summed E-state index contributed by atoms with van der Waals surface area (Å²) in [6.45, 7) is 3.67. The van der Waals surface area contributed by atoms with E-state index in [0.29, 0.717) is 12.0 Å². The van der Waals surface area contributed by atoms with Crippen LogP contribution in [0, 0.1) is 50.2 Å². The molecule has 4 rings (SSSR count). The molecule has 6 nitrogen and oxygen atoms in total. The fraction of sp³-hybridized carbons (Fsp3) is 0.500. The van der Waals surface area contributed by atoms with Gasteiger partial charge in [-0.2, -0.15) is 15.8 Å². The average molecular weight is 348 g/mol. The molecule has 132 valence electrons. The number of hydrogen-bond donors (Lipinski definition) is 1. The number of ether oxygens (including phenoxy) is 2. The van der Waals surface area contributed by atoms with E-state index in [2.05, 4.69) is 18.2 Å². The van der Waals surface area contributed by atoms with Gasteiger partial charge in [-0.3, -0.25) is 5.41 Å². The minimum atomic E-state index is -1.77. The highest BCUT2D eigenvalue weighted by molar-refractivity contribution is 5.89. The number of hydrogen-bond acceptors (Lipinski definition) is 6. The molecule has 1 aromatic carbocycles. The summed E-state index contributed by atoms with van der Waals surface area (Å²) in [6.07, 6.45) is 1.39. The molecular weight excluding hydrogens is 328 g/mol. The van der Waals surface area contributed by atoms with E-state index in [1.54, 1.807) is 31.2 Å². The second-order valence-corrected chi connectivity index (χ2v) is 6.99. The van der Waals surface area contributed by atoms with E-state index in [0.717, 1.165) is 12.8 Å². The lowest BCUT2D eigenvalue weighted by Gasteiger charge is -2.61. The first-order chi connectivity index (χ1) is 12.5. The normalized spacial score (nSPS) is 34.2. The average Bonchev–Trinajstić information content (AvgIpc) is 2.65. The molecule has 1 aromatic rings. The molecule has 26 heavy (non-hydrogen) atoms. The summed E-state index contributed by atoms with van der Waals surface area (Å²) < 4.78 is 11.9. The van der Waals surface area contributed by atoms with Gasteiger partial charge < -0.3 is 9.47 Å². The van der Waals surface area contributed by atoms with Crippen molar-refractivity contribution in [3.05, 3.63) is 35.9 Å². The van der Waals surface area contributed by atoms with Crippen LogP contribution in [-0.2, 0) is 9.47 Å². The Morgan fingerprint density at radius 1 is 1.12 bits per heavy atom. The Hall–Kier alpha value is -2.88. The van der Waals surface area contributed by atoms with E-state index in [4.69, 9.17) is 14.9 Å². The topological polar surface area (TPSA) is 114 Å². The zero-order chi connectivity index (χ0) is 19.0. The third-order valence-corrected chi connectivity index (χ3v) is 5.58. The number of benzene rings is 1. The van der Waals surface area contributed by atoms with Crippen molar-refractivity contribution in [3.63, 3.8) is 0 Å². The van der Waals surface area contributed by atoms with Gasteiger partial charge in [-0.15, -0.1) is 0 Å². The monoisotopic (exact) mass is 348 g/mol.